The van der Waals surface area contributed by atoms with Gasteiger partial charge < -0.3 is 10.6 Å². The van der Waals surface area contributed by atoms with Gasteiger partial charge in [0.15, 0.2) is 0 Å². The molecular formula is C13H16N2O2S. The SMILES string of the molecule is CSc1ccc(NC(=O)CNC(=O)C2CC2)cc1. The van der Waals surface area contributed by atoms with E-state index in [1.54, 1.807) is 11.8 Å². The summed E-state index contributed by atoms with van der Waals surface area (Å²) in [4.78, 5) is 24.1. The summed E-state index contributed by atoms with van der Waals surface area (Å²) in [7, 11) is 0. The highest BCUT2D eigenvalue weighted by molar-refractivity contribution is 7.98. The lowest BCUT2D eigenvalue weighted by Crippen LogP contribution is -2.33. The second-order valence-corrected chi connectivity index (χ2v) is 5.15. The Kier molecular flexibility index (Phi) is 4.25. The first-order valence-electron chi connectivity index (χ1n) is 5.90. The van der Waals surface area contributed by atoms with Crippen LogP contribution in [0.2, 0.25) is 0 Å². The zero-order chi connectivity index (χ0) is 13.0. The van der Waals surface area contributed by atoms with Gasteiger partial charge in [0.25, 0.3) is 0 Å². The topological polar surface area (TPSA) is 58.2 Å². The van der Waals surface area contributed by atoms with Crippen molar-refractivity contribution in [2.45, 2.75) is 17.7 Å². The Morgan fingerprint density at radius 2 is 1.94 bits per heavy atom. The van der Waals surface area contributed by atoms with Crippen LogP contribution >= 0.6 is 11.8 Å². The van der Waals surface area contributed by atoms with Crippen molar-refractivity contribution in [1.29, 1.82) is 0 Å². The fraction of sp³-hybridized carbons (Fsp3) is 0.385. The molecule has 0 unspecified atom stereocenters. The maximum absolute atomic E-state index is 11.6. The van der Waals surface area contributed by atoms with Crippen LogP contribution in [0.1, 0.15) is 12.8 Å². The van der Waals surface area contributed by atoms with Crippen LogP contribution in [0.3, 0.4) is 0 Å². The van der Waals surface area contributed by atoms with Crippen LogP contribution in [-0.2, 0) is 9.59 Å². The van der Waals surface area contributed by atoms with Gasteiger partial charge in [-0.1, -0.05) is 0 Å². The Balaban J connectivity index is 1.77. The van der Waals surface area contributed by atoms with E-state index in [1.165, 1.54) is 0 Å². The zero-order valence-electron chi connectivity index (χ0n) is 10.2. The van der Waals surface area contributed by atoms with Crippen LogP contribution in [0.5, 0.6) is 0 Å². The summed E-state index contributed by atoms with van der Waals surface area (Å²) in [6.07, 6.45) is 3.90. The molecule has 18 heavy (non-hydrogen) atoms. The normalized spacial score (nSPS) is 14.1. The van der Waals surface area contributed by atoms with Crippen molar-refractivity contribution in [3.8, 4) is 0 Å². The van der Waals surface area contributed by atoms with Crippen LogP contribution in [0.15, 0.2) is 29.2 Å². The lowest BCUT2D eigenvalue weighted by molar-refractivity contribution is -0.125. The second-order valence-electron chi connectivity index (χ2n) is 4.27. The molecule has 5 heteroatoms. The van der Waals surface area contributed by atoms with Crippen molar-refractivity contribution in [2.75, 3.05) is 18.1 Å². The van der Waals surface area contributed by atoms with Crippen LogP contribution < -0.4 is 10.6 Å². The molecule has 1 aromatic carbocycles. The number of thioether (sulfide) groups is 1. The third-order valence-corrected chi connectivity index (χ3v) is 3.49. The van der Waals surface area contributed by atoms with Crippen LogP contribution in [-0.4, -0.2) is 24.6 Å². The van der Waals surface area contributed by atoms with Gasteiger partial charge in [-0.25, -0.2) is 0 Å². The molecule has 0 spiro atoms. The van der Waals surface area contributed by atoms with Crippen LogP contribution in [0.4, 0.5) is 5.69 Å². The predicted molar refractivity (Wildman–Crippen MR) is 72.6 cm³/mol. The van der Waals surface area contributed by atoms with Gasteiger partial charge in [-0.2, -0.15) is 0 Å². The minimum Gasteiger partial charge on any atom is -0.347 e. The van der Waals surface area contributed by atoms with E-state index in [0.29, 0.717) is 0 Å². The first kappa shape index (κ1) is 13.0. The average molecular weight is 264 g/mol. The molecule has 0 aliphatic heterocycles. The van der Waals surface area contributed by atoms with Crippen molar-refractivity contribution in [3.63, 3.8) is 0 Å². The quantitative estimate of drug-likeness (QED) is 0.798. The van der Waals surface area contributed by atoms with Gasteiger partial charge in [0.2, 0.25) is 11.8 Å². The molecule has 0 aromatic heterocycles. The van der Waals surface area contributed by atoms with Crippen molar-refractivity contribution in [3.05, 3.63) is 24.3 Å². The van der Waals surface area contributed by atoms with E-state index in [1.807, 2.05) is 30.5 Å². The van der Waals surface area contributed by atoms with Crippen LogP contribution in [0, 0.1) is 5.92 Å². The van der Waals surface area contributed by atoms with Crippen LogP contribution in [0.25, 0.3) is 0 Å². The molecule has 0 saturated heterocycles. The standard InChI is InChI=1S/C13H16N2O2S/c1-18-11-6-4-10(5-7-11)15-12(16)8-14-13(17)9-2-3-9/h4-7,9H,2-3,8H2,1H3,(H,14,17)(H,15,16). The van der Waals surface area contributed by atoms with E-state index >= 15 is 0 Å². The summed E-state index contributed by atoms with van der Waals surface area (Å²) >= 11 is 1.65. The Labute approximate surface area is 111 Å². The van der Waals surface area contributed by atoms with Gasteiger partial charge in [-0.3, -0.25) is 9.59 Å². The summed E-state index contributed by atoms with van der Waals surface area (Å²) in [5.74, 6) is -0.0672. The Hall–Kier alpha value is -1.49. The van der Waals surface area contributed by atoms with E-state index in [4.69, 9.17) is 0 Å². The molecule has 2 N–H and O–H groups in total. The molecule has 1 aromatic rings. The molecule has 0 heterocycles. The number of anilines is 1. The van der Waals surface area contributed by atoms with Gasteiger partial charge >= 0.3 is 0 Å². The summed E-state index contributed by atoms with van der Waals surface area (Å²) in [5, 5.41) is 5.38. The van der Waals surface area contributed by atoms with Crippen molar-refractivity contribution in [2.24, 2.45) is 5.92 Å². The highest BCUT2D eigenvalue weighted by atomic mass is 32.2. The highest BCUT2D eigenvalue weighted by Gasteiger charge is 2.29. The maximum atomic E-state index is 11.6. The number of rotatable bonds is 5. The second kappa shape index (κ2) is 5.91. The van der Waals surface area contributed by atoms with E-state index < -0.39 is 0 Å². The number of benzene rings is 1. The van der Waals surface area contributed by atoms with E-state index in [-0.39, 0.29) is 24.3 Å². The number of carbonyl (C=O) groups is 2. The summed E-state index contributed by atoms with van der Waals surface area (Å²) < 4.78 is 0. The fourth-order valence-electron chi connectivity index (χ4n) is 1.54. The fourth-order valence-corrected chi connectivity index (χ4v) is 1.95. The van der Waals surface area contributed by atoms with E-state index in [2.05, 4.69) is 10.6 Å². The first-order valence-corrected chi connectivity index (χ1v) is 7.13. The molecule has 1 aliphatic rings. The molecule has 0 radical (unpaired) electrons. The zero-order valence-corrected chi connectivity index (χ0v) is 11.0. The van der Waals surface area contributed by atoms with Gasteiger partial charge in [0, 0.05) is 16.5 Å². The van der Waals surface area contributed by atoms with Gasteiger partial charge in [-0.05, 0) is 43.4 Å². The van der Waals surface area contributed by atoms with E-state index in [9.17, 15) is 9.59 Å². The lowest BCUT2D eigenvalue weighted by atomic mass is 10.3. The minimum absolute atomic E-state index is 0.0112. The Morgan fingerprint density at radius 3 is 2.50 bits per heavy atom. The summed E-state index contributed by atoms with van der Waals surface area (Å²) in [5.41, 5.74) is 0.749. The number of hydrogen-bond donors (Lipinski definition) is 2. The smallest absolute Gasteiger partial charge is 0.243 e. The molecule has 0 bridgehead atoms. The third kappa shape index (κ3) is 3.77. The molecule has 96 valence electrons. The largest absolute Gasteiger partial charge is 0.347 e. The molecule has 4 nitrogen and oxygen atoms in total. The monoisotopic (exact) mass is 264 g/mol. The Bertz CT molecular complexity index is 441. The predicted octanol–water partition coefficient (Wildman–Crippen LogP) is 1.87. The maximum Gasteiger partial charge on any atom is 0.243 e. The average Bonchev–Trinajstić information content (AvgIpc) is 3.21. The lowest BCUT2D eigenvalue weighted by Gasteiger charge is -2.07. The molecule has 1 aliphatic carbocycles. The van der Waals surface area contributed by atoms with Gasteiger partial charge in [0.05, 0.1) is 6.54 Å². The molecule has 0 atom stereocenters. The Morgan fingerprint density at radius 1 is 1.28 bits per heavy atom. The van der Waals surface area contributed by atoms with Crippen molar-refractivity contribution < 1.29 is 9.59 Å². The molecular weight excluding hydrogens is 248 g/mol. The molecule has 2 amide bonds. The molecule has 1 saturated carbocycles. The number of hydrogen-bond acceptors (Lipinski definition) is 3. The number of amides is 2. The van der Waals surface area contributed by atoms with Crippen molar-refractivity contribution >= 4 is 29.3 Å². The number of nitrogens with one attached hydrogen (secondary N) is 2. The first-order chi connectivity index (χ1) is 8.69. The highest BCUT2D eigenvalue weighted by Crippen LogP contribution is 2.28. The minimum atomic E-state index is -0.194. The van der Waals surface area contributed by atoms with Gasteiger partial charge in [0.1, 0.15) is 0 Å². The summed E-state index contributed by atoms with van der Waals surface area (Å²) in [6, 6.07) is 7.60. The summed E-state index contributed by atoms with van der Waals surface area (Å²) in [6.45, 7) is 0.0413. The van der Waals surface area contributed by atoms with Gasteiger partial charge in [-0.15, -0.1) is 11.8 Å². The van der Waals surface area contributed by atoms with E-state index in [0.717, 1.165) is 23.4 Å². The number of carbonyl (C=O) groups excluding carboxylic acids is 2. The third-order valence-electron chi connectivity index (χ3n) is 2.75. The molecule has 1 fully saturated rings. The van der Waals surface area contributed by atoms with Crippen molar-refractivity contribution in [1.82, 2.24) is 5.32 Å². The molecule has 2 rings (SSSR count).